The molecule has 0 fully saturated rings. The summed E-state index contributed by atoms with van der Waals surface area (Å²) < 4.78 is 0. The Kier molecular flexibility index (Phi) is 3.87. The van der Waals surface area contributed by atoms with Crippen molar-refractivity contribution in [2.75, 3.05) is 5.88 Å². The van der Waals surface area contributed by atoms with E-state index in [1.54, 1.807) is 0 Å². The third-order valence-corrected chi connectivity index (χ3v) is 1.64. The van der Waals surface area contributed by atoms with Crippen molar-refractivity contribution >= 4 is 17.5 Å². The lowest BCUT2D eigenvalue weighted by Crippen LogP contribution is -2.43. The zero-order chi connectivity index (χ0) is 9.07. The summed E-state index contributed by atoms with van der Waals surface area (Å²) in [6.45, 7) is 7.66. The summed E-state index contributed by atoms with van der Waals surface area (Å²) in [6.07, 6.45) is 0. The van der Waals surface area contributed by atoms with Crippen molar-refractivity contribution in [3.8, 4) is 0 Å². The number of nitrogens with one attached hydrogen (secondary N) is 1. The maximum Gasteiger partial charge on any atom is 0.224 e. The van der Waals surface area contributed by atoms with Crippen LogP contribution in [0.1, 0.15) is 27.7 Å². The molecule has 0 aliphatic rings. The zero-order valence-corrected chi connectivity index (χ0v) is 8.33. The molecule has 0 heterocycles. The summed E-state index contributed by atoms with van der Waals surface area (Å²) in [4.78, 5) is 11.2. The maximum absolute atomic E-state index is 11.2. The van der Waals surface area contributed by atoms with Gasteiger partial charge in [-0.1, -0.05) is 6.92 Å². The normalized spacial score (nSPS) is 14.3. The van der Waals surface area contributed by atoms with Gasteiger partial charge in [0.15, 0.2) is 0 Å². The highest BCUT2D eigenvalue weighted by molar-refractivity contribution is 6.19. The topological polar surface area (TPSA) is 29.1 Å². The maximum atomic E-state index is 11.2. The lowest BCUT2D eigenvalue weighted by atomic mass is 10.1. The van der Waals surface area contributed by atoms with E-state index >= 15 is 0 Å². The minimum Gasteiger partial charge on any atom is -0.351 e. The van der Waals surface area contributed by atoms with E-state index in [1.807, 2.05) is 27.7 Å². The Balaban J connectivity index is 3.88. The average molecular weight is 178 g/mol. The van der Waals surface area contributed by atoms with Crippen LogP contribution < -0.4 is 5.32 Å². The minimum absolute atomic E-state index is 0.0208. The Labute approximate surface area is 73.3 Å². The molecule has 66 valence electrons. The monoisotopic (exact) mass is 177 g/mol. The predicted molar refractivity (Wildman–Crippen MR) is 47.8 cm³/mol. The third-order valence-electron chi connectivity index (χ3n) is 1.18. The van der Waals surface area contributed by atoms with Gasteiger partial charge < -0.3 is 5.32 Å². The van der Waals surface area contributed by atoms with Crippen LogP contribution in [-0.4, -0.2) is 17.3 Å². The zero-order valence-electron chi connectivity index (χ0n) is 7.57. The van der Waals surface area contributed by atoms with Crippen molar-refractivity contribution in [1.82, 2.24) is 5.32 Å². The van der Waals surface area contributed by atoms with Crippen molar-refractivity contribution in [3.05, 3.63) is 0 Å². The highest BCUT2D eigenvalue weighted by Crippen LogP contribution is 2.03. The van der Waals surface area contributed by atoms with Gasteiger partial charge in [0.05, 0.1) is 0 Å². The molecule has 2 nitrogen and oxygen atoms in total. The van der Waals surface area contributed by atoms with Crippen LogP contribution >= 0.6 is 11.6 Å². The molecular weight excluding hydrogens is 162 g/mol. The number of rotatable bonds is 2. The van der Waals surface area contributed by atoms with Gasteiger partial charge in [-0.3, -0.25) is 4.79 Å². The Morgan fingerprint density at radius 1 is 1.55 bits per heavy atom. The van der Waals surface area contributed by atoms with Crippen LogP contribution in [0.5, 0.6) is 0 Å². The van der Waals surface area contributed by atoms with E-state index in [0.29, 0.717) is 5.88 Å². The van der Waals surface area contributed by atoms with Crippen molar-refractivity contribution in [1.29, 1.82) is 0 Å². The second-order valence-corrected chi connectivity index (χ2v) is 4.10. The SMILES string of the molecule is CC(CCl)C(=O)NC(C)(C)C. The molecule has 0 aliphatic heterocycles. The molecule has 0 spiro atoms. The number of hydrogen-bond acceptors (Lipinski definition) is 1. The molecule has 0 rings (SSSR count). The molecule has 0 aliphatic carbocycles. The van der Waals surface area contributed by atoms with Crippen LogP contribution in [0.4, 0.5) is 0 Å². The second kappa shape index (κ2) is 3.96. The summed E-state index contributed by atoms with van der Waals surface area (Å²) in [7, 11) is 0. The molecule has 3 heteroatoms. The lowest BCUT2D eigenvalue weighted by Gasteiger charge is -2.22. The molecule has 0 aromatic heterocycles. The van der Waals surface area contributed by atoms with Crippen LogP contribution in [0.3, 0.4) is 0 Å². The van der Waals surface area contributed by atoms with E-state index in [2.05, 4.69) is 5.32 Å². The summed E-state index contributed by atoms with van der Waals surface area (Å²) in [5.74, 6) is 0.297. The van der Waals surface area contributed by atoms with Crippen LogP contribution in [0.2, 0.25) is 0 Å². The van der Waals surface area contributed by atoms with E-state index < -0.39 is 0 Å². The third kappa shape index (κ3) is 5.08. The summed E-state index contributed by atoms with van der Waals surface area (Å²) in [5.41, 5.74) is -0.155. The molecule has 0 saturated heterocycles. The van der Waals surface area contributed by atoms with E-state index in [4.69, 9.17) is 11.6 Å². The summed E-state index contributed by atoms with van der Waals surface area (Å²) in [6, 6.07) is 0. The predicted octanol–water partition coefficient (Wildman–Crippen LogP) is 1.78. The molecule has 0 aromatic carbocycles. The van der Waals surface area contributed by atoms with Crippen molar-refractivity contribution in [2.24, 2.45) is 5.92 Å². The number of hydrogen-bond donors (Lipinski definition) is 1. The molecule has 1 unspecified atom stereocenters. The summed E-state index contributed by atoms with van der Waals surface area (Å²) in [5, 5.41) is 2.85. The molecule has 1 N–H and O–H groups in total. The first-order valence-electron chi connectivity index (χ1n) is 3.75. The van der Waals surface area contributed by atoms with Gasteiger partial charge in [-0.05, 0) is 20.8 Å². The fourth-order valence-electron chi connectivity index (χ4n) is 0.563. The first-order chi connectivity index (χ1) is 4.87. The van der Waals surface area contributed by atoms with E-state index in [9.17, 15) is 4.79 Å². The highest BCUT2D eigenvalue weighted by atomic mass is 35.5. The van der Waals surface area contributed by atoms with Gasteiger partial charge in [0.25, 0.3) is 0 Å². The Morgan fingerprint density at radius 2 is 2.00 bits per heavy atom. The molecule has 1 atom stereocenters. The smallest absolute Gasteiger partial charge is 0.224 e. The van der Waals surface area contributed by atoms with Crippen molar-refractivity contribution in [2.45, 2.75) is 33.2 Å². The number of carbonyl (C=O) groups is 1. The van der Waals surface area contributed by atoms with Crippen molar-refractivity contribution < 1.29 is 4.79 Å². The fraction of sp³-hybridized carbons (Fsp3) is 0.875. The minimum atomic E-state index is -0.155. The van der Waals surface area contributed by atoms with E-state index in [0.717, 1.165) is 0 Å². The van der Waals surface area contributed by atoms with Gasteiger partial charge in [-0.15, -0.1) is 11.6 Å². The van der Waals surface area contributed by atoms with Gasteiger partial charge in [0.2, 0.25) is 5.91 Å². The molecule has 0 radical (unpaired) electrons. The van der Waals surface area contributed by atoms with Gasteiger partial charge in [-0.25, -0.2) is 0 Å². The standard InChI is InChI=1S/C8H16ClNO/c1-6(5-9)7(11)10-8(2,3)4/h6H,5H2,1-4H3,(H,10,11). The van der Waals surface area contributed by atoms with Gasteiger partial charge in [0.1, 0.15) is 0 Å². The number of carbonyl (C=O) groups excluding carboxylic acids is 1. The highest BCUT2D eigenvalue weighted by Gasteiger charge is 2.17. The van der Waals surface area contributed by atoms with Crippen molar-refractivity contribution in [3.63, 3.8) is 0 Å². The van der Waals surface area contributed by atoms with E-state index in [-0.39, 0.29) is 17.4 Å². The van der Waals surface area contributed by atoms with Crippen LogP contribution in [0.25, 0.3) is 0 Å². The van der Waals surface area contributed by atoms with Crippen LogP contribution in [0.15, 0.2) is 0 Å². The molecule has 0 saturated carbocycles. The number of halogens is 1. The van der Waals surface area contributed by atoms with Crippen LogP contribution in [0, 0.1) is 5.92 Å². The Morgan fingerprint density at radius 3 is 2.27 bits per heavy atom. The average Bonchev–Trinajstić information content (AvgIpc) is 1.82. The number of alkyl halides is 1. The quantitative estimate of drug-likeness (QED) is 0.641. The Bertz CT molecular complexity index is 140. The van der Waals surface area contributed by atoms with Gasteiger partial charge >= 0.3 is 0 Å². The molecule has 0 bridgehead atoms. The number of amides is 1. The first kappa shape index (κ1) is 10.8. The Hall–Kier alpha value is -0.240. The molecular formula is C8H16ClNO. The molecule has 1 amide bonds. The largest absolute Gasteiger partial charge is 0.351 e. The van der Waals surface area contributed by atoms with E-state index in [1.165, 1.54) is 0 Å². The van der Waals surface area contributed by atoms with Gasteiger partial charge in [-0.2, -0.15) is 0 Å². The lowest BCUT2D eigenvalue weighted by molar-refractivity contribution is -0.125. The van der Waals surface area contributed by atoms with Gasteiger partial charge in [0, 0.05) is 17.3 Å². The summed E-state index contributed by atoms with van der Waals surface area (Å²) >= 11 is 5.51. The van der Waals surface area contributed by atoms with Crippen LogP contribution in [-0.2, 0) is 4.79 Å². The molecule has 0 aromatic rings. The first-order valence-corrected chi connectivity index (χ1v) is 4.28. The molecule has 11 heavy (non-hydrogen) atoms. The second-order valence-electron chi connectivity index (χ2n) is 3.79. The fourth-order valence-corrected chi connectivity index (χ4v) is 0.703.